The minimum atomic E-state index is -0.926. The number of aromatic nitrogens is 2. The van der Waals surface area contributed by atoms with Crippen molar-refractivity contribution in [3.8, 4) is 0 Å². The number of pyridine rings is 1. The van der Waals surface area contributed by atoms with Gasteiger partial charge in [0.1, 0.15) is 11.2 Å². The van der Waals surface area contributed by atoms with Gasteiger partial charge in [-0.3, -0.25) is 14.9 Å². The van der Waals surface area contributed by atoms with Gasteiger partial charge in [-0.05, 0) is 18.7 Å². The van der Waals surface area contributed by atoms with Crippen LogP contribution in [0.4, 0.5) is 5.69 Å². The van der Waals surface area contributed by atoms with Gasteiger partial charge in [-0.25, -0.2) is 9.97 Å². The first kappa shape index (κ1) is 15.7. The number of carbonyl (C=O) groups is 1. The standard InChI is InChI=1S/C11H8ClN3O4S2/c1-5-8(3-9(16)17)20-11(14-5)21-10-7(12)2-6(4-13-10)15(18)19/h2,4H,3H2,1H3,(H,16,17). The summed E-state index contributed by atoms with van der Waals surface area (Å²) in [6.07, 6.45) is 1.03. The van der Waals surface area contributed by atoms with Crippen LogP contribution in [0.5, 0.6) is 0 Å². The molecule has 110 valence electrons. The zero-order chi connectivity index (χ0) is 15.6. The first-order chi connectivity index (χ1) is 9.86. The summed E-state index contributed by atoms with van der Waals surface area (Å²) in [6.45, 7) is 1.73. The van der Waals surface area contributed by atoms with Gasteiger partial charge in [0.25, 0.3) is 5.69 Å². The third-order valence-corrected chi connectivity index (χ3v) is 5.01. The zero-order valence-electron chi connectivity index (χ0n) is 10.6. The minimum Gasteiger partial charge on any atom is -0.481 e. The summed E-state index contributed by atoms with van der Waals surface area (Å²) < 4.78 is 0.590. The maximum atomic E-state index is 10.7. The molecule has 0 aliphatic rings. The fraction of sp³-hybridized carbons (Fsp3) is 0.182. The van der Waals surface area contributed by atoms with Crippen LogP contribution in [0, 0.1) is 17.0 Å². The van der Waals surface area contributed by atoms with Gasteiger partial charge >= 0.3 is 5.97 Å². The highest BCUT2D eigenvalue weighted by Crippen LogP contribution is 2.36. The molecule has 0 saturated heterocycles. The molecule has 0 amide bonds. The molecule has 0 aromatic carbocycles. The zero-order valence-corrected chi connectivity index (χ0v) is 13.0. The van der Waals surface area contributed by atoms with Gasteiger partial charge in [0.05, 0.1) is 22.1 Å². The Labute approximate surface area is 132 Å². The van der Waals surface area contributed by atoms with E-state index in [2.05, 4.69) is 9.97 Å². The van der Waals surface area contributed by atoms with Crippen LogP contribution in [0.2, 0.25) is 5.02 Å². The maximum absolute atomic E-state index is 10.7. The molecule has 0 unspecified atom stereocenters. The number of aliphatic carboxylic acids is 1. The van der Waals surface area contributed by atoms with Crippen molar-refractivity contribution in [1.29, 1.82) is 0 Å². The predicted octanol–water partition coefficient (Wildman–Crippen LogP) is 3.19. The normalized spacial score (nSPS) is 10.6. The lowest BCUT2D eigenvalue weighted by Gasteiger charge is -1.99. The Bertz CT molecular complexity index is 719. The third-order valence-electron chi connectivity index (χ3n) is 2.37. The van der Waals surface area contributed by atoms with Crippen LogP contribution in [0.25, 0.3) is 0 Å². The van der Waals surface area contributed by atoms with Crippen LogP contribution in [0.3, 0.4) is 0 Å². The topological polar surface area (TPSA) is 106 Å². The van der Waals surface area contributed by atoms with E-state index in [1.54, 1.807) is 6.92 Å². The molecule has 0 aliphatic carbocycles. The molecule has 0 atom stereocenters. The Balaban J connectivity index is 2.22. The summed E-state index contributed by atoms with van der Waals surface area (Å²) in [5.74, 6) is -0.926. The van der Waals surface area contributed by atoms with Gasteiger partial charge in [-0.2, -0.15) is 0 Å². The second-order valence-electron chi connectivity index (χ2n) is 3.90. The molecule has 2 rings (SSSR count). The number of nitro groups is 1. The SMILES string of the molecule is Cc1nc(Sc2ncc([N+](=O)[O-])cc2Cl)sc1CC(=O)O. The summed E-state index contributed by atoms with van der Waals surface area (Å²) >= 11 is 8.34. The number of hydrogen-bond acceptors (Lipinski definition) is 7. The molecular formula is C11H8ClN3O4S2. The van der Waals surface area contributed by atoms with Crippen molar-refractivity contribution in [3.63, 3.8) is 0 Å². The number of aryl methyl sites for hydroxylation is 1. The maximum Gasteiger partial charge on any atom is 0.308 e. The Morgan fingerprint density at radius 3 is 2.90 bits per heavy atom. The van der Waals surface area contributed by atoms with Crippen molar-refractivity contribution < 1.29 is 14.8 Å². The van der Waals surface area contributed by atoms with Crippen LogP contribution < -0.4 is 0 Å². The van der Waals surface area contributed by atoms with E-state index in [-0.39, 0.29) is 17.1 Å². The highest BCUT2D eigenvalue weighted by molar-refractivity contribution is 8.01. The highest BCUT2D eigenvalue weighted by Gasteiger charge is 2.16. The molecule has 0 spiro atoms. The average molecular weight is 346 g/mol. The second-order valence-corrected chi connectivity index (χ2v) is 6.63. The fourth-order valence-corrected chi connectivity index (χ4v) is 3.79. The molecule has 1 N–H and O–H groups in total. The Hall–Kier alpha value is -1.71. The van der Waals surface area contributed by atoms with Crippen molar-refractivity contribution in [2.45, 2.75) is 22.7 Å². The van der Waals surface area contributed by atoms with Crippen LogP contribution in [0.15, 0.2) is 21.6 Å². The number of thiazole rings is 1. The van der Waals surface area contributed by atoms with Crippen molar-refractivity contribution in [2.24, 2.45) is 0 Å². The van der Waals surface area contributed by atoms with E-state index in [9.17, 15) is 14.9 Å². The van der Waals surface area contributed by atoms with Gasteiger partial charge in [-0.1, -0.05) is 11.6 Å². The number of nitrogens with zero attached hydrogens (tertiary/aromatic N) is 3. The molecule has 2 heterocycles. The number of carboxylic acid groups (broad SMARTS) is 1. The van der Waals surface area contributed by atoms with E-state index in [1.165, 1.54) is 17.4 Å². The van der Waals surface area contributed by atoms with Gasteiger partial charge < -0.3 is 5.11 Å². The highest BCUT2D eigenvalue weighted by atomic mass is 35.5. The lowest BCUT2D eigenvalue weighted by atomic mass is 10.3. The predicted molar refractivity (Wildman–Crippen MR) is 78.2 cm³/mol. The van der Waals surface area contributed by atoms with E-state index in [4.69, 9.17) is 16.7 Å². The van der Waals surface area contributed by atoms with Gasteiger partial charge in [-0.15, -0.1) is 11.3 Å². The summed E-state index contributed by atoms with van der Waals surface area (Å²) in [6, 6.07) is 1.22. The van der Waals surface area contributed by atoms with Crippen molar-refractivity contribution in [1.82, 2.24) is 9.97 Å². The molecule has 21 heavy (non-hydrogen) atoms. The van der Waals surface area contributed by atoms with Gasteiger partial charge in [0.2, 0.25) is 0 Å². The van der Waals surface area contributed by atoms with Crippen LogP contribution in [0.1, 0.15) is 10.6 Å². The third kappa shape index (κ3) is 3.90. The number of halogens is 1. The fourth-order valence-electron chi connectivity index (χ4n) is 1.42. The Morgan fingerprint density at radius 2 is 2.33 bits per heavy atom. The van der Waals surface area contributed by atoms with E-state index in [1.807, 2.05) is 0 Å². The molecule has 0 fully saturated rings. The smallest absolute Gasteiger partial charge is 0.308 e. The summed E-state index contributed by atoms with van der Waals surface area (Å²) in [5, 5.41) is 19.9. The second kappa shape index (κ2) is 6.37. The first-order valence-electron chi connectivity index (χ1n) is 5.52. The lowest BCUT2D eigenvalue weighted by molar-refractivity contribution is -0.385. The largest absolute Gasteiger partial charge is 0.481 e. The molecule has 0 saturated carbocycles. The van der Waals surface area contributed by atoms with Crippen LogP contribution in [-0.2, 0) is 11.2 Å². The molecule has 0 bridgehead atoms. The first-order valence-corrected chi connectivity index (χ1v) is 7.54. The summed E-state index contributed by atoms with van der Waals surface area (Å²) in [5.41, 5.74) is 0.453. The monoisotopic (exact) mass is 345 g/mol. The van der Waals surface area contributed by atoms with Crippen molar-refractivity contribution in [2.75, 3.05) is 0 Å². The molecule has 2 aromatic rings. The molecule has 10 heteroatoms. The molecule has 0 radical (unpaired) electrons. The van der Waals surface area contributed by atoms with Crippen molar-refractivity contribution >= 4 is 46.4 Å². The van der Waals surface area contributed by atoms with Crippen molar-refractivity contribution in [3.05, 3.63) is 38.0 Å². The quantitative estimate of drug-likeness (QED) is 0.655. The Kier molecular flexibility index (Phi) is 4.76. The van der Waals surface area contributed by atoms with Gasteiger partial charge in [0, 0.05) is 10.9 Å². The number of carboxylic acids is 1. The lowest BCUT2D eigenvalue weighted by Crippen LogP contribution is -1.99. The van der Waals surface area contributed by atoms with Crippen LogP contribution in [-0.4, -0.2) is 26.0 Å². The molecule has 2 aromatic heterocycles. The molecular weight excluding hydrogens is 338 g/mol. The Morgan fingerprint density at radius 1 is 1.62 bits per heavy atom. The summed E-state index contributed by atoms with van der Waals surface area (Å²) in [7, 11) is 0. The van der Waals surface area contributed by atoms with E-state index >= 15 is 0 Å². The van der Waals surface area contributed by atoms with Gasteiger partial charge in [0.15, 0.2) is 4.34 Å². The summed E-state index contributed by atoms with van der Waals surface area (Å²) in [4.78, 5) is 29.6. The number of rotatable bonds is 5. The van der Waals surface area contributed by atoms with E-state index < -0.39 is 10.9 Å². The van der Waals surface area contributed by atoms with E-state index in [0.29, 0.717) is 19.9 Å². The van der Waals surface area contributed by atoms with Crippen LogP contribution >= 0.6 is 34.7 Å². The minimum absolute atomic E-state index is 0.0918. The van der Waals surface area contributed by atoms with E-state index in [0.717, 1.165) is 18.0 Å². The average Bonchev–Trinajstić information content (AvgIpc) is 2.71. The molecule has 7 nitrogen and oxygen atoms in total. The number of hydrogen-bond donors (Lipinski definition) is 1. The molecule has 0 aliphatic heterocycles.